The van der Waals surface area contributed by atoms with E-state index in [1.54, 1.807) is 7.11 Å². The molecule has 1 aromatic carbocycles. The minimum atomic E-state index is 0.0976. The maximum Gasteiger partial charge on any atom is 0.243 e. The molecule has 1 fully saturated rings. The molecule has 1 N–H and O–H groups in total. The molecule has 20 heavy (non-hydrogen) atoms. The summed E-state index contributed by atoms with van der Waals surface area (Å²) in [6.07, 6.45) is 1.75. The maximum absolute atomic E-state index is 5.36. The van der Waals surface area contributed by atoms with Crippen molar-refractivity contribution in [3.63, 3.8) is 0 Å². The van der Waals surface area contributed by atoms with Gasteiger partial charge in [-0.05, 0) is 18.1 Å². The van der Waals surface area contributed by atoms with Gasteiger partial charge in [-0.1, -0.05) is 39.3 Å². The zero-order valence-electron chi connectivity index (χ0n) is 11.2. The van der Waals surface area contributed by atoms with Crippen molar-refractivity contribution in [1.82, 2.24) is 15.5 Å². The minimum Gasteiger partial charge on any atom is -0.380 e. The summed E-state index contributed by atoms with van der Waals surface area (Å²) >= 11 is 3.53. The molecule has 0 radical (unpaired) electrons. The van der Waals surface area contributed by atoms with Crippen LogP contribution in [0.2, 0.25) is 0 Å². The van der Waals surface area contributed by atoms with Gasteiger partial charge in [-0.2, -0.15) is 4.98 Å². The fourth-order valence-electron chi connectivity index (χ4n) is 2.36. The molecule has 1 aliphatic heterocycles. The molecule has 0 bridgehead atoms. The summed E-state index contributed by atoms with van der Waals surface area (Å²) in [7, 11) is 1.72. The van der Waals surface area contributed by atoms with Gasteiger partial charge in [0.2, 0.25) is 5.89 Å². The van der Waals surface area contributed by atoms with Crippen molar-refractivity contribution < 1.29 is 9.26 Å². The van der Waals surface area contributed by atoms with E-state index in [0.29, 0.717) is 18.1 Å². The second-order valence-electron chi connectivity index (χ2n) is 4.87. The second kappa shape index (κ2) is 6.03. The first-order chi connectivity index (χ1) is 9.76. The van der Waals surface area contributed by atoms with Crippen LogP contribution in [0.4, 0.5) is 0 Å². The number of halogens is 1. The number of nitrogens with one attached hydrogen (secondary N) is 1. The van der Waals surface area contributed by atoms with Gasteiger partial charge in [0.15, 0.2) is 5.82 Å². The Morgan fingerprint density at radius 1 is 1.45 bits per heavy atom. The first-order valence-electron chi connectivity index (χ1n) is 6.58. The van der Waals surface area contributed by atoms with Crippen LogP contribution in [0.15, 0.2) is 33.3 Å². The number of ether oxygens (including phenoxy) is 1. The summed E-state index contributed by atoms with van der Waals surface area (Å²) in [6, 6.07) is 8.15. The Labute approximate surface area is 125 Å². The van der Waals surface area contributed by atoms with Gasteiger partial charge < -0.3 is 14.6 Å². The fraction of sp³-hybridized carbons (Fsp3) is 0.429. The van der Waals surface area contributed by atoms with E-state index >= 15 is 0 Å². The molecule has 0 amide bonds. The Morgan fingerprint density at radius 2 is 2.30 bits per heavy atom. The number of aromatic nitrogens is 2. The molecule has 0 saturated carbocycles. The Balaban J connectivity index is 1.70. The third-order valence-electron chi connectivity index (χ3n) is 3.51. The topological polar surface area (TPSA) is 60.2 Å². The summed E-state index contributed by atoms with van der Waals surface area (Å²) in [4.78, 5) is 4.48. The highest BCUT2D eigenvalue weighted by molar-refractivity contribution is 9.10. The number of rotatable bonds is 4. The molecule has 2 aromatic rings. The Kier molecular flexibility index (Phi) is 4.14. The lowest BCUT2D eigenvalue weighted by atomic mass is 10.1. The van der Waals surface area contributed by atoms with E-state index in [9.17, 15) is 0 Å². The highest BCUT2D eigenvalue weighted by Gasteiger charge is 2.29. The van der Waals surface area contributed by atoms with Crippen molar-refractivity contribution in [3.8, 4) is 0 Å². The van der Waals surface area contributed by atoms with Crippen molar-refractivity contribution in [2.24, 2.45) is 0 Å². The molecule has 0 spiro atoms. The van der Waals surface area contributed by atoms with Crippen molar-refractivity contribution in [3.05, 3.63) is 46.0 Å². The van der Waals surface area contributed by atoms with Crippen LogP contribution in [-0.2, 0) is 11.2 Å². The average molecular weight is 338 g/mol. The normalized spacial score (nSPS) is 22.3. The van der Waals surface area contributed by atoms with Gasteiger partial charge in [-0.25, -0.2) is 0 Å². The lowest BCUT2D eigenvalue weighted by Gasteiger charge is -2.04. The number of benzene rings is 1. The first-order valence-corrected chi connectivity index (χ1v) is 7.37. The predicted octanol–water partition coefficient (Wildman–Crippen LogP) is 2.47. The van der Waals surface area contributed by atoms with Crippen LogP contribution >= 0.6 is 15.9 Å². The van der Waals surface area contributed by atoms with E-state index in [-0.39, 0.29) is 12.1 Å². The summed E-state index contributed by atoms with van der Waals surface area (Å²) < 4.78 is 11.7. The van der Waals surface area contributed by atoms with Gasteiger partial charge in [0.25, 0.3) is 0 Å². The van der Waals surface area contributed by atoms with Crippen LogP contribution < -0.4 is 5.32 Å². The van der Waals surface area contributed by atoms with Crippen LogP contribution in [0, 0.1) is 0 Å². The third kappa shape index (κ3) is 2.92. The Hall–Kier alpha value is -1.24. The number of hydrogen-bond donors (Lipinski definition) is 1. The Morgan fingerprint density at radius 3 is 3.05 bits per heavy atom. The minimum absolute atomic E-state index is 0.0976. The molecule has 6 heteroatoms. The van der Waals surface area contributed by atoms with E-state index in [2.05, 4.69) is 37.5 Å². The van der Waals surface area contributed by atoms with Crippen LogP contribution in [0.25, 0.3) is 0 Å². The number of nitrogens with zero attached hydrogens (tertiary/aromatic N) is 2. The summed E-state index contributed by atoms with van der Waals surface area (Å²) in [5, 5.41) is 7.39. The monoisotopic (exact) mass is 337 g/mol. The van der Waals surface area contributed by atoms with Crippen LogP contribution in [0.5, 0.6) is 0 Å². The molecule has 3 rings (SSSR count). The number of hydrogen-bond acceptors (Lipinski definition) is 5. The largest absolute Gasteiger partial charge is 0.380 e. The number of methoxy groups -OCH3 is 1. The van der Waals surface area contributed by atoms with Crippen LogP contribution in [0.3, 0.4) is 0 Å². The van der Waals surface area contributed by atoms with Crippen molar-refractivity contribution in [2.75, 3.05) is 13.7 Å². The van der Waals surface area contributed by atoms with E-state index in [1.165, 1.54) is 0 Å². The molecule has 106 valence electrons. The smallest absolute Gasteiger partial charge is 0.243 e. The fourth-order valence-corrected chi connectivity index (χ4v) is 2.79. The molecule has 5 nitrogen and oxygen atoms in total. The molecule has 2 heterocycles. The van der Waals surface area contributed by atoms with Crippen LogP contribution in [-0.4, -0.2) is 29.9 Å². The highest BCUT2D eigenvalue weighted by Crippen LogP contribution is 2.24. The van der Waals surface area contributed by atoms with E-state index in [1.807, 2.05) is 18.2 Å². The summed E-state index contributed by atoms with van der Waals surface area (Å²) in [5.74, 6) is 1.35. The lowest BCUT2D eigenvalue weighted by molar-refractivity contribution is 0.116. The van der Waals surface area contributed by atoms with Gasteiger partial charge in [-0.15, -0.1) is 0 Å². The average Bonchev–Trinajstić information content (AvgIpc) is 3.10. The van der Waals surface area contributed by atoms with Gasteiger partial charge >= 0.3 is 0 Å². The van der Waals surface area contributed by atoms with E-state index in [4.69, 9.17) is 9.26 Å². The third-order valence-corrected chi connectivity index (χ3v) is 4.29. The predicted molar refractivity (Wildman–Crippen MR) is 77.4 cm³/mol. The summed E-state index contributed by atoms with van der Waals surface area (Å²) in [5.41, 5.74) is 1.15. The first kappa shape index (κ1) is 13.7. The van der Waals surface area contributed by atoms with E-state index < -0.39 is 0 Å². The molecule has 0 aliphatic carbocycles. The maximum atomic E-state index is 5.36. The summed E-state index contributed by atoms with van der Waals surface area (Å²) in [6.45, 7) is 0.823. The van der Waals surface area contributed by atoms with Gasteiger partial charge in [0, 0.05) is 24.5 Å². The zero-order valence-corrected chi connectivity index (χ0v) is 12.8. The zero-order chi connectivity index (χ0) is 13.9. The molecule has 0 unspecified atom stereocenters. The van der Waals surface area contributed by atoms with Gasteiger partial charge in [0.1, 0.15) is 0 Å². The Bertz CT molecular complexity index is 587. The lowest BCUT2D eigenvalue weighted by Crippen LogP contribution is -2.16. The van der Waals surface area contributed by atoms with Gasteiger partial charge in [-0.3, -0.25) is 0 Å². The highest BCUT2D eigenvalue weighted by atomic mass is 79.9. The van der Waals surface area contributed by atoms with Gasteiger partial charge in [0.05, 0.1) is 12.1 Å². The quantitative estimate of drug-likeness (QED) is 0.928. The van der Waals surface area contributed by atoms with Crippen LogP contribution in [0.1, 0.15) is 29.7 Å². The molecule has 2 atom stereocenters. The van der Waals surface area contributed by atoms with Crippen molar-refractivity contribution >= 4 is 15.9 Å². The molecular weight excluding hydrogens is 322 g/mol. The standard InChI is InChI=1S/C14H16BrN3O2/c1-19-10-7-12(16-8-10)14-17-13(18-20-14)6-9-4-2-3-5-11(9)15/h2-5,10,12,16H,6-8H2,1H3/t10-,12+/m0/s1. The molecule has 1 aromatic heterocycles. The van der Waals surface area contributed by atoms with Crippen molar-refractivity contribution in [1.29, 1.82) is 0 Å². The van der Waals surface area contributed by atoms with E-state index in [0.717, 1.165) is 23.0 Å². The second-order valence-corrected chi connectivity index (χ2v) is 5.73. The van der Waals surface area contributed by atoms with Crippen molar-refractivity contribution in [2.45, 2.75) is 25.0 Å². The molecule has 1 aliphatic rings. The molecular formula is C14H16BrN3O2. The SMILES string of the molecule is CO[C@@H]1CN[C@@H](c2nc(Cc3ccccc3Br)no2)C1. The molecule has 1 saturated heterocycles.